The molecule has 1 fully saturated rings. The number of rotatable bonds is 5. The van der Waals surface area contributed by atoms with Crippen LogP contribution in [0.15, 0.2) is 24.3 Å². The summed E-state index contributed by atoms with van der Waals surface area (Å²) in [7, 11) is 1.60. The third kappa shape index (κ3) is 3.61. The lowest BCUT2D eigenvalue weighted by atomic mass is 9.91. The first kappa shape index (κ1) is 13.7. The monoisotopic (exact) mass is 265 g/mol. The highest BCUT2D eigenvalue weighted by Gasteiger charge is 2.29. The lowest BCUT2D eigenvalue weighted by molar-refractivity contribution is -0.140. The highest BCUT2D eigenvalue weighted by atomic mass is 16.5. The zero-order chi connectivity index (χ0) is 13.7. The molecular weight excluding hydrogens is 246 g/mol. The van der Waals surface area contributed by atoms with E-state index in [4.69, 9.17) is 9.47 Å². The molecule has 1 atom stereocenters. The molecule has 1 aromatic carbocycles. The predicted molar refractivity (Wildman–Crippen MR) is 71.6 cm³/mol. The van der Waals surface area contributed by atoms with Crippen molar-refractivity contribution in [2.45, 2.75) is 18.9 Å². The van der Waals surface area contributed by atoms with E-state index in [1.54, 1.807) is 7.11 Å². The summed E-state index contributed by atoms with van der Waals surface area (Å²) in [6.07, 6.45) is 1.56. The maximum absolute atomic E-state index is 11.4. The average Bonchev–Trinajstić information content (AvgIpc) is 2.46. The molecule has 0 aliphatic carbocycles. The molecule has 0 saturated carbocycles. The summed E-state index contributed by atoms with van der Waals surface area (Å²) in [5.41, 5.74) is 0.791. The Bertz CT molecular complexity index is 412. The zero-order valence-corrected chi connectivity index (χ0v) is 11.0. The van der Waals surface area contributed by atoms with E-state index in [0.717, 1.165) is 24.3 Å². The van der Waals surface area contributed by atoms with Crippen LogP contribution in [0.4, 0.5) is 5.69 Å². The first-order valence-corrected chi connectivity index (χ1v) is 6.42. The summed E-state index contributed by atoms with van der Waals surface area (Å²) in [4.78, 5) is 11.4. The molecule has 1 aliphatic rings. The molecule has 1 aliphatic heterocycles. The van der Waals surface area contributed by atoms with Crippen molar-refractivity contribution in [1.82, 2.24) is 0 Å². The van der Waals surface area contributed by atoms with Gasteiger partial charge in [-0.05, 0) is 43.0 Å². The summed E-state index contributed by atoms with van der Waals surface area (Å²) >= 11 is 0. The summed E-state index contributed by atoms with van der Waals surface area (Å²) in [5.74, 6) is 0.0413. The molecule has 104 valence electrons. The highest BCUT2D eigenvalue weighted by Crippen LogP contribution is 2.23. The van der Waals surface area contributed by atoms with Gasteiger partial charge in [0.15, 0.2) is 0 Å². The third-order valence-corrected chi connectivity index (χ3v) is 3.42. The summed E-state index contributed by atoms with van der Waals surface area (Å²) in [5, 5.41) is 12.4. The molecule has 5 heteroatoms. The van der Waals surface area contributed by atoms with Crippen LogP contribution >= 0.6 is 0 Å². The van der Waals surface area contributed by atoms with Gasteiger partial charge in [-0.3, -0.25) is 0 Å². The van der Waals surface area contributed by atoms with Gasteiger partial charge in [0.1, 0.15) is 11.8 Å². The molecule has 2 N–H and O–H groups in total. The van der Waals surface area contributed by atoms with Gasteiger partial charge in [-0.25, -0.2) is 4.79 Å². The fraction of sp³-hybridized carbons (Fsp3) is 0.500. The minimum atomic E-state index is -0.817. The van der Waals surface area contributed by atoms with Crippen molar-refractivity contribution in [2.75, 3.05) is 25.6 Å². The van der Waals surface area contributed by atoms with Crippen molar-refractivity contribution < 1.29 is 19.4 Å². The molecule has 0 bridgehead atoms. The quantitative estimate of drug-likeness (QED) is 0.852. The normalized spacial score (nSPS) is 17.7. The second kappa shape index (κ2) is 6.43. The van der Waals surface area contributed by atoms with Gasteiger partial charge in [0, 0.05) is 18.9 Å². The van der Waals surface area contributed by atoms with Gasteiger partial charge in [0.25, 0.3) is 0 Å². The van der Waals surface area contributed by atoms with Crippen LogP contribution in [0.2, 0.25) is 0 Å². The van der Waals surface area contributed by atoms with E-state index in [9.17, 15) is 9.90 Å². The smallest absolute Gasteiger partial charge is 0.326 e. The Morgan fingerprint density at radius 1 is 1.37 bits per heavy atom. The molecule has 1 saturated heterocycles. The van der Waals surface area contributed by atoms with Crippen LogP contribution in [-0.2, 0) is 9.53 Å². The lowest BCUT2D eigenvalue weighted by Gasteiger charge is -2.28. The SMILES string of the molecule is COc1ccc(NC(C(=O)O)C2CCOCC2)cc1. The molecule has 1 heterocycles. The number of aliphatic carboxylic acids is 1. The second-order valence-electron chi connectivity index (χ2n) is 4.64. The maximum atomic E-state index is 11.4. The van der Waals surface area contributed by atoms with E-state index < -0.39 is 12.0 Å². The van der Waals surface area contributed by atoms with Crippen molar-refractivity contribution in [3.8, 4) is 5.75 Å². The predicted octanol–water partition coefficient (Wildman–Crippen LogP) is 1.99. The van der Waals surface area contributed by atoms with Gasteiger partial charge in [-0.1, -0.05) is 0 Å². The number of benzene rings is 1. The molecule has 0 aromatic heterocycles. The second-order valence-corrected chi connectivity index (χ2v) is 4.64. The first-order valence-electron chi connectivity index (χ1n) is 6.42. The van der Waals surface area contributed by atoms with E-state index in [0.29, 0.717) is 13.2 Å². The van der Waals surface area contributed by atoms with E-state index in [2.05, 4.69) is 5.32 Å². The van der Waals surface area contributed by atoms with E-state index in [-0.39, 0.29) is 5.92 Å². The van der Waals surface area contributed by atoms with Crippen LogP contribution in [0.3, 0.4) is 0 Å². The van der Waals surface area contributed by atoms with Crippen LogP contribution < -0.4 is 10.1 Å². The minimum Gasteiger partial charge on any atom is -0.497 e. The topological polar surface area (TPSA) is 67.8 Å². The summed E-state index contributed by atoms with van der Waals surface area (Å²) < 4.78 is 10.4. The molecule has 0 radical (unpaired) electrons. The number of anilines is 1. The fourth-order valence-corrected chi connectivity index (χ4v) is 2.30. The molecule has 0 spiro atoms. The maximum Gasteiger partial charge on any atom is 0.326 e. The van der Waals surface area contributed by atoms with Crippen LogP contribution in [0.25, 0.3) is 0 Å². The Hall–Kier alpha value is -1.75. The van der Waals surface area contributed by atoms with Gasteiger partial charge in [0.2, 0.25) is 0 Å². The lowest BCUT2D eigenvalue weighted by Crippen LogP contribution is -2.39. The number of hydrogen-bond donors (Lipinski definition) is 2. The average molecular weight is 265 g/mol. The van der Waals surface area contributed by atoms with Crippen LogP contribution in [0, 0.1) is 5.92 Å². The molecule has 1 aromatic rings. The van der Waals surface area contributed by atoms with Gasteiger partial charge in [0.05, 0.1) is 7.11 Å². The van der Waals surface area contributed by atoms with Gasteiger partial charge >= 0.3 is 5.97 Å². The van der Waals surface area contributed by atoms with Gasteiger partial charge < -0.3 is 19.9 Å². The molecule has 19 heavy (non-hydrogen) atoms. The van der Waals surface area contributed by atoms with Crippen molar-refractivity contribution in [3.63, 3.8) is 0 Å². The van der Waals surface area contributed by atoms with Crippen molar-refractivity contribution in [3.05, 3.63) is 24.3 Å². The van der Waals surface area contributed by atoms with Crippen molar-refractivity contribution in [2.24, 2.45) is 5.92 Å². The fourth-order valence-electron chi connectivity index (χ4n) is 2.30. The molecule has 2 rings (SSSR count). The van der Waals surface area contributed by atoms with Crippen molar-refractivity contribution in [1.29, 1.82) is 0 Å². The largest absolute Gasteiger partial charge is 0.497 e. The Morgan fingerprint density at radius 2 is 2.00 bits per heavy atom. The number of nitrogens with one attached hydrogen (secondary N) is 1. The standard InChI is InChI=1S/C14H19NO4/c1-18-12-4-2-11(3-5-12)15-13(14(16)17)10-6-8-19-9-7-10/h2-5,10,13,15H,6-9H2,1H3,(H,16,17). The Kier molecular flexibility index (Phi) is 4.63. The summed E-state index contributed by atoms with van der Waals surface area (Å²) in [6.45, 7) is 1.28. The van der Waals surface area contributed by atoms with Crippen molar-refractivity contribution >= 4 is 11.7 Å². The zero-order valence-electron chi connectivity index (χ0n) is 11.0. The number of methoxy groups -OCH3 is 1. The van der Waals surface area contributed by atoms with Crippen LogP contribution in [-0.4, -0.2) is 37.4 Å². The third-order valence-electron chi connectivity index (χ3n) is 3.42. The molecule has 1 unspecified atom stereocenters. The van der Waals surface area contributed by atoms with E-state index in [1.807, 2.05) is 24.3 Å². The Labute approximate surface area is 112 Å². The van der Waals surface area contributed by atoms with E-state index >= 15 is 0 Å². The molecular formula is C14H19NO4. The number of carboxylic acids is 1. The molecule has 0 amide bonds. The van der Waals surface area contributed by atoms with Gasteiger partial charge in [-0.15, -0.1) is 0 Å². The number of carbonyl (C=O) groups is 1. The number of hydrogen-bond acceptors (Lipinski definition) is 4. The summed E-state index contributed by atoms with van der Waals surface area (Å²) in [6, 6.07) is 6.70. The Balaban J connectivity index is 2.04. The van der Waals surface area contributed by atoms with Crippen LogP contribution in [0.5, 0.6) is 5.75 Å². The van der Waals surface area contributed by atoms with Gasteiger partial charge in [-0.2, -0.15) is 0 Å². The number of carboxylic acid groups (broad SMARTS) is 1. The molecule has 5 nitrogen and oxygen atoms in total. The first-order chi connectivity index (χ1) is 9.20. The Morgan fingerprint density at radius 3 is 2.53 bits per heavy atom. The van der Waals surface area contributed by atoms with Crippen LogP contribution in [0.1, 0.15) is 12.8 Å². The highest BCUT2D eigenvalue weighted by molar-refractivity contribution is 5.77. The van der Waals surface area contributed by atoms with E-state index in [1.165, 1.54) is 0 Å². The minimum absolute atomic E-state index is 0.105. The number of ether oxygens (including phenoxy) is 2.